The van der Waals surface area contributed by atoms with Gasteiger partial charge in [-0.2, -0.15) is 0 Å². The van der Waals surface area contributed by atoms with Crippen molar-refractivity contribution in [2.75, 3.05) is 32.8 Å². The van der Waals surface area contributed by atoms with Crippen molar-refractivity contribution in [1.29, 1.82) is 0 Å². The van der Waals surface area contributed by atoms with Crippen molar-refractivity contribution in [1.82, 2.24) is 10.2 Å². The highest BCUT2D eigenvalue weighted by Gasteiger charge is 2.74. The lowest BCUT2D eigenvalue weighted by atomic mass is 9.98. The molecule has 4 aromatic rings. The van der Waals surface area contributed by atoms with Crippen LogP contribution in [-0.2, 0) is 32.2 Å². The number of hydrogen-bond donors (Lipinski definition) is 1. The Labute approximate surface area is 279 Å². The number of carbonyl (C=O) groups is 2. The highest BCUT2D eigenvalue weighted by molar-refractivity contribution is 5.89. The van der Waals surface area contributed by atoms with Gasteiger partial charge in [-0.05, 0) is 65.6 Å². The number of ether oxygens (including phenoxy) is 5. The molecule has 1 saturated carbocycles. The SMILES string of the molecule is O=C(N[C@@H](c1ccccc1)c1cccc(OCc2ccc(C(=O)OCc3cccc(C4OCCO4)c3)cc2)c1)O[C@]12CN3CCC1C2C3. The van der Waals surface area contributed by atoms with Crippen LogP contribution in [0.4, 0.5) is 4.79 Å². The van der Waals surface area contributed by atoms with E-state index in [0.29, 0.717) is 43.0 Å². The minimum absolute atomic E-state index is 0.150. The van der Waals surface area contributed by atoms with Gasteiger partial charge < -0.3 is 29.0 Å². The average Bonchev–Trinajstić information content (AvgIpc) is 3.43. The standard InChI is InChI=1S/C39H38N2O7/c42-36(47-24-27-6-4-10-31(20-27)37-44-18-19-45-37)29-14-12-26(13-15-29)23-46-32-11-5-9-30(21-32)35(28-7-2-1-3-8-28)40-38(43)48-39-25-41-17-16-33(39)34(39)22-41/h1-15,20-21,33-35,37H,16-19,22-25H2,(H,40,43)/t33?,34?,35-,39+/m0/s1. The van der Waals surface area contributed by atoms with E-state index in [4.69, 9.17) is 23.7 Å². The molecule has 9 heteroatoms. The van der Waals surface area contributed by atoms with Gasteiger partial charge in [0.2, 0.25) is 0 Å². The quantitative estimate of drug-likeness (QED) is 0.193. The van der Waals surface area contributed by atoms with E-state index in [0.717, 1.165) is 53.9 Å². The first-order valence-corrected chi connectivity index (χ1v) is 16.6. The van der Waals surface area contributed by atoms with Crippen LogP contribution in [0.5, 0.6) is 5.75 Å². The lowest BCUT2D eigenvalue weighted by Crippen LogP contribution is -2.42. The zero-order valence-corrected chi connectivity index (χ0v) is 26.6. The fourth-order valence-electron chi connectivity index (χ4n) is 7.53. The molecule has 9 nitrogen and oxygen atoms in total. The van der Waals surface area contributed by atoms with Crippen molar-refractivity contribution in [3.8, 4) is 5.75 Å². The third kappa shape index (κ3) is 6.29. The first kappa shape index (κ1) is 30.6. The normalized spacial score (nSPS) is 24.5. The molecule has 3 unspecified atom stereocenters. The summed E-state index contributed by atoms with van der Waals surface area (Å²) in [5.74, 6) is 1.24. The van der Waals surface area contributed by atoms with E-state index in [9.17, 15) is 9.59 Å². The summed E-state index contributed by atoms with van der Waals surface area (Å²) in [6.07, 6.45) is 0.352. The van der Waals surface area contributed by atoms with Crippen molar-refractivity contribution >= 4 is 12.1 Å². The molecule has 5 atom stereocenters. The Morgan fingerprint density at radius 1 is 0.833 bits per heavy atom. The van der Waals surface area contributed by atoms with Gasteiger partial charge in [0.05, 0.1) is 24.8 Å². The molecule has 0 radical (unpaired) electrons. The number of carbonyl (C=O) groups excluding carboxylic acids is 2. The first-order valence-electron chi connectivity index (χ1n) is 16.6. The average molecular weight is 647 g/mol. The van der Waals surface area contributed by atoms with Crippen LogP contribution in [0.3, 0.4) is 0 Å². The van der Waals surface area contributed by atoms with Gasteiger partial charge in [0.15, 0.2) is 6.29 Å². The number of nitrogens with zero attached hydrogens (tertiary/aromatic N) is 1. The molecule has 0 spiro atoms. The summed E-state index contributed by atoms with van der Waals surface area (Å²) in [5, 5.41) is 3.15. The fourth-order valence-corrected chi connectivity index (χ4v) is 7.53. The van der Waals surface area contributed by atoms with Crippen LogP contribution >= 0.6 is 0 Å². The molecule has 4 aromatic carbocycles. The zero-order valence-electron chi connectivity index (χ0n) is 26.6. The molecular weight excluding hydrogens is 608 g/mol. The second-order valence-electron chi connectivity index (χ2n) is 13.0. The van der Waals surface area contributed by atoms with Crippen molar-refractivity contribution in [3.05, 3.63) is 137 Å². The van der Waals surface area contributed by atoms with E-state index in [2.05, 4.69) is 10.2 Å². The lowest BCUT2D eigenvalue weighted by molar-refractivity contribution is -0.0442. The Kier molecular flexibility index (Phi) is 8.34. The molecule has 5 fully saturated rings. The molecule has 4 bridgehead atoms. The molecule has 4 saturated heterocycles. The molecule has 246 valence electrons. The highest BCUT2D eigenvalue weighted by atomic mass is 16.7. The van der Waals surface area contributed by atoms with Crippen LogP contribution in [0.15, 0.2) is 103 Å². The first-order chi connectivity index (χ1) is 23.5. The van der Waals surface area contributed by atoms with E-state index in [1.807, 2.05) is 91.0 Å². The van der Waals surface area contributed by atoms with Gasteiger partial charge in [-0.25, -0.2) is 9.59 Å². The van der Waals surface area contributed by atoms with Crippen molar-refractivity contribution in [2.45, 2.75) is 37.6 Å². The summed E-state index contributed by atoms with van der Waals surface area (Å²) in [4.78, 5) is 28.4. The third-order valence-corrected chi connectivity index (χ3v) is 9.99. The number of esters is 1. The molecular formula is C39H38N2O7. The summed E-state index contributed by atoms with van der Waals surface area (Å²) in [6, 6.07) is 32.1. The van der Waals surface area contributed by atoms with Gasteiger partial charge in [-0.15, -0.1) is 0 Å². The van der Waals surface area contributed by atoms with Crippen LogP contribution in [0.2, 0.25) is 0 Å². The molecule has 9 rings (SSSR count). The van der Waals surface area contributed by atoms with E-state index in [-0.39, 0.29) is 24.6 Å². The van der Waals surface area contributed by atoms with Gasteiger partial charge in [-0.1, -0.05) is 72.8 Å². The van der Waals surface area contributed by atoms with Gasteiger partial charge in [0, 0.05) is 30.5 Å². The van der Waals surface area contributed by atoms with Crippen molar-refractivity contribution in [3.63, 3.8) is 0 Å². The Balaban J connectivity index is 0.879. The number of piperidine rings is 3. The maximum atomic E-state index is 13.3. The predicted molar refractivity (Wildman–Crippen MR) is 176 cm³/mol. The molecule has 48 heavy (non-hydrogen) atoms. The maximum absolute atomic E-state index is 13.3. The monoisotopic (exact) mass is 646 g/mol. The number of rotatable bonds is 11. The van der Waals surface area contributed by atoms with Crippen molar-refractivity contribution in [2.24, 2.45) is 11.8 Å². The van der Waals surface area contributed by atoms with Crippen LogP contribution in [0, 0.1) is 11.8 Å². The number of amides is 1. The largest absolute Gasteiger partial charge is 0.489 e. The summed E-state index contributed by atoms with van der Waals surface area (Å²) >= 11 is 0. The maximum Gasteiger partial charge on any atom is 0.408 e. The number of hydrogen-bond acceptors (Lipinski definition) is 8. The highest BCUT2D eigenvalue weighted by Crippen LogP contribution is 2.62. The number of fused-ring (bicyclic) bond motifs is 1. The van der Waals surface area contributed by atoms with Crippen LogP contribution in [-0.4, -0.2) is 55.4 Å². The predicted octanol–water partition coefficient (Wildman–Crippen LogP) is 6.19. The summed E-state index contributed by atoms with van der Waals surface area (Å²) < 4.78 is 29.0. The second-order valence-corrected chi connectivity index (χ2v) is 13.0. The third-order valence-electron chi connectivity index (χ3n) is 9.99. The van der Waals surface area contributed by atoms with Crippen LogP contribution in [0.25, 0.3) is 0 Å². The fraction of sp³-hybridized carbons (Fsp3) is 0.333. The minimum Gasteiger partial charge on any atom is -0.489 e. The van der Waals surface area contributed by atoms with Crippen LogP contribution < -0.4 is 10.1 Å². The van der Waals surface area contributed by atoms with Crippen molar-refractivity contribution < 1.29 is 33.3 Å². The van der Waals surface area contributed by atoms with Crippen LogP contribution in [0.1, 0.15) is 56.9 Å². The van der Waals surface area contributed by atoms with Gasteiger partial charge in [0.1, 0.15) is 24.6 Å². The topological polar surface area (TPSA) is 95.6 Å². The Hall–Kier alpha value is -4.70. The zero-order chi connectivity index (χ0) is 32.5. The Morgan fingerprint density at radius 3 is 2.38 bits per heavy atom. The number of alkyl carbamates (subject to hydrolysis) is 1. The Morgan fingerprint density at radius 2 is 1.62 bits per heavy atom. The molecule has 1 N–H and O–H groups in total. The van der Waals surface area contributed by atoms with E-state index < -0.39 is 12.0 Å². The molecule has 1 amide bonds. The summed E-state index contributed by atoms with van der Waals surface area (Å²) in [7, 11) is 0. The van der Waals surface area contributed by atoms with Gasteiger partial charge in [-0.3, -0.25) is 4.90 Å². The molecule has 4 aliphatic heterocycles. The van der Waals surface area contributed by atoms with E-state index in [1.54, 1.807) is 12.1 Å². The summed E-state index contributed by atoms with van der Waals surface area (Å²) in [5.41, 5.74) is 4.68. The van der Waals surface area contributed by atoms with Gasteiger partial charge >= 0.3 is 12.1 Å². The molecule has 4 heterocycles. The molecule has 5 aliphatic rings. The van der Waals surface area contributed by atoms with Gasteiger partial charge in [0.25, 0.3) is 0 Å². The lowest BCUT2D eigenvalue weighted by Gasteiger charge is -2.29. The van der Waals surface area contributed by atoms with E-state index >= 15 is 0 Å². The smallest absolute Gasteiger partial charge is 0.408 e. The minimum atomic E-state index is -0.401. The summed E-state index contributed by atoms with van der Waals surface area (Å²) in [6.45, 7) is 4.59. The number of benzene rings is 4. The van der Waals surface area contributed by atoms with E-state index in [1.165, 1.54) is 0 Å². The number of nitrogens with one attached hydrogen (secondary N) is 1. The second kappa shape index (κ2) is 13.1. The molecule has 1 aliphatic carbocycles. The Bertz CT molecular complexity index is 1770. The molecule has 0 aromatic heterocycles.